The molecule has 0 aliphatic carbocycles. The lowest BCUT2D eigenvalue weighted by Gasteiger charge is -2.35. The van der Waals surface area contributed by atoms with Crippen molar-refractivity contribution in [2.45, 2.75) is 24.0 Å². The summed E-state index contributed by atoms with van der Waals surface area (Å²) in [5.41, 5.74) is 0.832. The monoisotopic (exact) mass is 431 g/mol. The van der Waals surface area contributed by atoms with Crippen LogP contribution < -0.4 is 0 Å². The van der Waals surface area contributed by atoms with Gasteiger partial charge in [0.2, 0.25) is 5.91 Å². The van der Waals surface area contributed by atoms with Crippen LogP contribution in [0.3, 0.4) is 0 Å². The van der Waals surface area contributed by atoms with E-state index in [4.69, 9.17) is 4.42 Å². The normalized spacial score (nSPS) is 22.7. The number of carbonyl (C=O) groups is 2. The molecule has 8 heteroatoms. The quantitative estimate of drug-likeness (QED) is 0.703. The third-order valence-electron chi connectivity index (χ3n) is 5.69. The maximum atomic E-state index is 13.7. The second-order valence-electron chi connectivity index (χ2n) is 7.58. The van der Waals surface area contributed by atoms with E-state index in [1.165, 1.54) is 18.4 Å². The first-order valence-corrected chi connectivity index (χ1v) is 11.3. The van der Waals surface area contributed by atoms with Crippen LogP contribution in [0.5, 0.6) is 0 Å². The molecule has 30 heavy (non-hydrogen) atoms. The molecule has 2 aromatic rings. The summed E-state index contributed by atoms with van der Waals surface area (Å²) in [4.78, 5) is 31.2. The summed E-state index contributed by atoms with van der Waals surface area (Å²) in [5.74, 6) is 0.135. The van der Waals surface area contributed by atoms with Crippen LogP contribution >= 0.6 is 11.8 Å². The minimum absolute atomic E-state index is 0.0808. The molecule has 2 aliphatic rings. The highest BCUT2D eigenvalue weighted by Gasteiger charge is 2.40. The number of halogens is 1. The maximum absolute atomic E-state index is 13.7. The topological polar surface area (TPSA) is 57.0 Å². The van der Waals surface area contributed by atoms with Gasteiger partial charge in [-0.1, -0.05) is 19.1 Å². The van der Waals surface area contributed by atoms with E-state index >= 15 is 0 Å². The van der Waals surface area contributed by atoms with Crippen molar-refractivity contribution in [1.29, 1.82) is 0 Å². The first-order valence-electron chi connectivity index (χ1n) is 10.3. The molecule has 3 heterocycles. The van der Waals surface area contributed by atoms with Crippen LogP contribution in [0.4, 0.5) is 4.39 Å². The standard InChI is InChI=1S/C22H26FN3O3S/c1-2-19-21(28)26(22(30-19)16-5-3-6-17(23)15-16)13-10-24-8-11-25(12-9-24)20(27)18-7-4-14-29-18/h3-7,14-15,19,22H,2,8-13H2,1H3/t19-,22-/m0/s1. The van der Waals surface area contributed by atoms with Crippen molar-refractivity contribution in [3.63, 3.8) is 0 Å². The molecule has 0 radical (unpaired) electrons. The average molecular weight is 432 g/mol. The molecule has 0 saturated carbocycles. The van der Waals surface area contributed by atoms with Gasteiger partial charge in [-0.3, -0.25) is 14.5 Å². The van der Waals surface area contributed by atoms with Gasteiger partial charge in [-0.2, -0.15) is 0 Å². The van der Waals surface area contributed by atoms with Crippen LogP contribution in [0.15, 0.2) is 47.1 Å². The highest BCUT2D eigenvalue weighted by atomic mass is 32.2. The molecule has 0 spiro atoms. The van der Waals surface area contributed by atoms with Crippen LogP contribution in [0.2, 0.25) is 0 Å². The fraction of sp³-hybridized carbons (Fsp3) is 0.455. The molecular formula is C22H26FN3O3S. The molecule has 6 nitrogen and oxygen atoms in total. The molecule has 0 bridgehead atoms. The Hall–Kier alpha value is -2.32. The molecule has 2 atom stereocenters. The van der Waals surface area contributed by atoms with E-state index < -0.39 is 0 Å². The number of hydrogen-bond acceptors (Lipinski definition) is 5. The van der Waals surface area contributed by atoms with Gasteiger partial charge in [0, 0.05) is 39.3 Å². The maximum Gasteiger partial charge on any atom is 0.289 e. The van der Waals surface area contributed by atoms with Gasteiger partial charge >= 0.3 is 0 Å². The van der Waals surface area contributed by atoms with E-state index in [2.05, 4.69) is 4.90 Å². The third kappa shape index (κ3) is 4.39. The smallest absolute Gasteiger partial charge is 0.289 e. The van der Waals surface area contributed by atoms with Crippen molar-refractivity contribution < 1.29 is 18.4 Å². The minimum Gasteiger partial charge on any atom is -0.459 e. The van der Waals surface area contributed by atoms with Crippen LogP contribution in [-0.2, 0) is 4.79 Å². The molecule has 1 aromatic heterocycles. The highest BCUT2D eigenvalue weighted by Crippen LogP contribution is 2.44. The number of hydrogen-bond donors (Lipinski definition) is 0. The Morgan fingerprint density at radius 2 is 1.97 bits per heavy atom. The summed E-state index contributed by atoms with van der Waals surface area (Å²) in [6.07, 6.45) is 2.27. The summed E-state index contributed by atoms with van der Waals surface area (Å²) < 4.78 is 19.0. The number of thioether (sulfide) groups is 1. The molecule has 4 rings (SSSR count). The average Bonchev–Trinajstić information content (AvgIpc) is 3.40. The van der Waals surface area contributed by atoms with Crippen molar-refractivity contribution in [3.8, 4) is 0 Å². The minimum atomic E-state index is -0.280. The van der Waals surface area contributed by atoms with Gasteiger partial charge in [-0.25, -0.2) is 4.39 Å². The Kier molecular flexibility index (Phi) is 6.43. The van der Waals surface area contributed by atoms with Crippen molar-refractivity contribution in [3.05, 3.63) is 59.8 Å². The van der Waals surface area contributed by atoms with Crippen molar-refractivity contribution >= 4 is 23.6 Å². The van der Waals surface area contributed by atoms with Crippen molar-refractivity contribution in [2.24, 2.45) is 0 Å². The zero-order valence-electron chi connectivity index (χ0n) is 17.0. The molecular weight excluding hydrogens is 405 g/mol. The molecule has 1 aromatic carbocycles. The predicted molar refractivity (Wildman–Crippen MR) is 114 cm³/mol. The van der Waals surface area contributed by atoms with Gasteiger partial charge in [-0.15, -0.1) is 11.8 Å². The van der Waals surface area contributed by atoms with Crippen LogP contribution in [0.1, 0.15) is 34.8 Å². The predicted octanol–water partition coefficient (Wildman–Crippen LogP) is 3.23. The molecule has 0 unspecified atom stereocenters. The zero-order chi connectivity index (χ0) is 21.1. The van der Waals surface area contributed by atoms with E-state index in [0.29, 0.717) is 25.4 Å². The van der Waals surface area contributed by atoms with Crippen LogP contribution in [0, 0.1) is 5.82 Å². The molecule has 0 N–H and O–H groups in total. The number of carbonyl (C=O) groups excluding carboxylic acids is 2. The SMILES string of the molecule is CC[C@@H]1S[C@@H](c2cccc(F)c2)N(CCN2CCN(C(=O)c3ccco3)CC2)C1=O. The lowest BCUT2D eigenvalue weighted by atomic mass is 10.2. The van der Waals surface area contributed by atoms with E-state index in [0.717, 1.165) is 31.6 Å². The van der Waals surface area contributed by atoms with Crippen molar-refractivity contribution in [1.82, 2.24) is 14.7 Å². The number of piperazine rings is 1. The second-order valence-corrected chi connectivity index (χ2v) is 8.87. The summed E-state index contributed by atoms with van der Waals surface area (Å²) in [6, 6.07) is 9.93. The summed E-state index contributed by atoms with van der Waals surface area (Å²) in [7, 11) is 0. The highest BCUT2D eigenvalue weighted by molar-refractivity contribution is 8.01. The Balaban J connectivity index is 1.35. The van der Waals surface area contributed by atoms with Gasteiger partial charge in [0.15, 0.2) is 5.76 Å². The lowest BCUT2D eigenvalue weighted by molar-refractivity contribution is -0.130. The molecule has 2 aliphatic heterocycles. The van der Waals surface area contributed by atoms with Gasteiger partial charge in [0.05, 0.1) is 11.5 Å². The van der Waals surface area contributed by atoms with E-state index in [1.807, 2.05) is 17.9 Å². The van der Waals surface area contributed by atoms with Gasteiger partial charge in [0.1, 0.15) is 11.2 Å². The Labute approximate surface area is 180 Å². The fourth-order valence-electron chi connectivity index (χ4n) is 3.98. The van der Waals surface area contributed by atoms with Crippen LogP contribution in [-0.4, -0.2) is 71.0 Å². The Bertz CT molecular complexity index is 884. The first-order chi connectivity index (χ1) is 14.6. The molecule has 2 fully saturated rings. The largest absolute Gasteiger partial charge is 0.459 e. The van der Waals surface area contributed by atoms with Crippen LogP contribution in [0.25, 0.3) is 0 Å². The number of rotatable bonds is 6. The molecule has 160 valence electrons. The molecule has 2 amide bonds. The first kappa shape index (κ1) is 20.9. The van der Waals surface area contributed by atoms with Gasteiger partial charge in [0.25, 0.3) is 5.91 Å². The summed E-state index contributed by atoms with van der Waals surface area (Å²) in [6.45, 7) is 6.11. The Morgan fingerprint density at radius 1 is 1.17 bits per heavy atom. The van der Waals surface area contributed by atoms with Gasteiger partial charge in [-0.05, 0) is 36.2 Å². The number of furan rings is 1. The summed E-state index contributed by atoms with van der Waals surface area (Å²) in [5, 5.41) is -0.235. The van der Waals surface area contributed by atoms with E-state index in [1.54, 1.807) is 34.9 Å². The number of benzene rings is 1. The second kappa shape index (κ2) is 9.22. The molecule has 2 saturated heterocycles. The number of nitrogens with zero attached hydrogens (tertiary/aromatic N) is 3. The third-order valence-corrected chi connectivity index (χ3v) is 7.34. The zero-order valence-corrected chi connectivity index (χ0v) is 17.8. The van der Waals surface area contributed by atoms with E-state index in [-0.39, 0.29) is 28.3 Å². The summed E-state index contributed by atoms with van der Waals surface area (Å²) >= 11 is 1.61. The van der Waals surface area contributed by atoms with Crippen molar-refractivity contribution in [2.75, 3.05) is 39.3 Å². The lowest BCUT2D eigenvalue weighted by Crippen LogP contribution is -2.50. The fourth-order valence-corrected chi connectivity index (χ4v) is 5.40. The Morgan fingerprint density at radius 3 is 2.63 bits per heavy atom. The van der Waals surface area contributed by atoms with E-state index in [9.17, 15) is 14.0 Å². The van der Waals surface area contributed by atoms with Gasteiger partial charge < -0.3 is 14.2 Å². The number of amides is 2.